The lowest BCUT2D eigenvalue weighted by atomic mass is 10.0. The van der Waals surface area contributed by atoms with Gasteiger partial charge in [0.1, 0.15) is 28.7 Å². The minimum absolute atomic E-state index is 0.136. The lowest BCUT2D eigenvalue weighted by Crippen LogP contribution is -2.13. The fraction of sp³-hybridized carbons (Fsp3) is 0.200. The molecule has 4 aromatic rings. The molecule has 180 valence electrons. The Hall–Kier alpha value is -4.12. The quantitative estimate of drug-likeness (QED) is 0.277. The molecule has 0 aliphatic rings. The summed E-state index contributed by atoms with van der Waals surface area (Å²) in [5, 5.41) is 31.8. The Morgan fingerprint density at radius 3 is 1.54 bits per heavy atom. The maximum atomic E-state index is 11.0. The summed E-state index contributed by atoms with van der Waals surface area (Å²) in [7, 11) is 0. The molecule has 0 bridgehead atoms. The fourth-order valence-electron chi connectivity index (χ4n) is 4.50. The Kier molecular flexibility index (Phi) is 6.35. The van der Waals surface area contributed by atoms with Gasteiger partial charge in [-0.2, -0.15) is 0 Å². The van der Waals surface area contributed by atoms with E-state index < -0.39 is 0 Å². The molecule has 0 aromatic heterocycles. The molecule has 0 saturated carbocycles. The number of hydrogen-bond donors (Lipinski definition) is 3. The van der Waals surface area contributed by atoms with Crippen LogP contribution in [0.25, 0.3) is 0 Å². The molecule has 3 N–H and O–H groups in total. The number of nitrogens with zero attached hydrogens (tertiary/aromatic N) is 1. The molecular weight excluding hydrogens is 438 g/mol. The summed E-state index contributed by atoms with van der Waals surface area (Å²) in [6.45, 7) is 11.5. The second kappa shape index (κ2) is 9.26. The van der Waals surface area contributed by atoms with E-state index in [0.29, 0.717) is 22.9 Å². The average molecular weight is 470 g/mol. The molecule has 0 fully saturated rings. The minimum atomic E-state index is 0.136. The first-order valence-corrected chi connectivity index (χ1v) is 11.5. The molecule has 4 rings (SSSR count). The standard InChI is InChI=1S/C30H31NO4/c1-17-11-21(5)29(26(33)13-17)31(30-22(6)12-18(2)14-27(30)34)23-7-9-24(10-8-23)35-28-16-19(3)25(32)15-20(28)4/h7-16,32-34H,1-6H3. The first-order chi connectivity index (χ1) is 16.5. The molecular formula is C30H31NO4. The van der Waals surface area contributed by atoms with Gasteiger partial charge in [0.2, 0.25) is 0 Å². The van der Waals surface area contributed by atoms with Crippen LogP contribution in [0.15, 0.2) is 60.7 Å². The smallest absolute Gasteiger partial charge is 0.140 e. The second-order valence-corrected chi connectivity index (χ2v) is 9.23. The summed E-state index contributed by atoms with van der Waals surface area (Å²) in [4.78, 5) is 1.88. The van der Waals surface area contributed by atoms with Crippen molar-refractivity contribution in [1.82, 2.24) is 0 Å². The van der Waals surface area contributed by atoms with Gasteiger partial charge in [-0.25, -0.2) is 0 Å². The highest BCUT2D eigenvalue weighted by Crippen LogP contribution is 2.47. The van der Waals surface area contributed by atoms with Gasteiger partial charge in [-0.1, -0.05) is 12.1 Å². The highest BCUT2D eigenvalue weighted by molar-refractivity contribution is 5.86. The number of benzene rings is 4. The van der Waals surface area contributed by atoms with E-state index in [-0.39, 0.29) is 17.2 Å². The zero-order valence-corrected chi connectivity index (χ0v) is 21.0. The minimum Gasteiger partial charge on any atom is -0.508 e. The Labute approximate surface area is 206 Å². The van der Waals surface area contributed by atoms with Crippen molar-refractivity contribution in [3.05, 3.63) is 94.0 Å². The van der Waals surface area contributed by atoms with Crippen molar-refractivity contribution in [1.29, 1.82) is 0 Å². The van der Waals surface area contributed by atoms with Gasteiger partial charge in [0.15, 0.2) is 0 Å². The van der Waals surface area contributed by atoms with Crippen LogP contribution >= 0.6 is 0 Å². The predicted octanol–water partition coefficient (Wildman–Crippen LogP) is 7.92. The van der Waals surface area contributed by atoms with Crippen molar-refractivity contribution in [2.24, 2.45) is 0 Å². The normalized spacial score (nSPS) is 10.9. The van der Waals surface area contributed by atoms with Crippen molar-refractivity contribution in [3.63, 3.8) is 0 Å². The number of anilines is 3. The van der Waals surface area contributed by atoms with Gasteiger partial charge in [0.25, 0.3) is 0 Å². The maximum absolute atomic E-state index is 11.0. The predicted molar refractivity (Wildman–Crippen MR) is 141 cm³/mol. The van der Waals surface area contributed by atoms with Crippen LogP contribution in [0.3, 0.4) is 0 Å². The van der Waals surface area contributed by atoms with E-state index in [4.69, 9.17) is 4.74 Å². The van der Waals surface area contributed by atoms with Crippen molar-refractivity contribution in [2.45, 2.75) is 41.5 Å². The van der Waals surface area contributed by atoms with Crippen LogP contribution in [-0.4, -0.2) is 15.3 Å². The van der Waals surface area contributed by atoms with Gasteiger partial charge in [-0.05, 0) is 123 Å². The maximum Gasteiger partial charge on any atom is 0.140 e. The molecule has 0 saturated heterocycles. The van der Waals surface area contributed by atoms with E-state index >= 15 is 0 Å². The van der Waals surface area contributed by atoms with Gasteiger partial charge < -0.3 is 25.0 Å². The monoisotopic (exact) mass is 469 g/mol. The van der Waals surface area contributed by atoms with E-state index in [1.165, 1.54) is 0 Å². The number of hydrogen-bond acceptors (Lipinski definition) is 5. The topological polar surface area (TPSA) is 73.2 Å². The first-order valence-electron chi connectivity index (χ1n) is 11.5. The summed E-state index contributed by atoms with van der Waals surface area (Å²) in [6.07, 6.45) is 0. The molecule has 0 aliphatic carbocycles. The third-order valence-corrected chi connectivity index (χ3v) is 6.11. The van der Waals surface area contributed by atoms with Crippen molar-refractivity contribution in [3.8, 4) is 28.7 Å². The van der Waals surface area contributed by atoms with Crippen molar-refractivity contribution >= 4 is 17.1 Å². The number of aryl methyl sites for hydroxylation is 6. The molecule has 5 heteroatoms. The second-order valence-electron chi connectivity index (χ2n) is 9.23. The van der Waals surface area contributed by atoms with Crippen LogP contribution in [0.1, 0.15) is 33.4 Å². The van der Waals surface area contributed by atoms with Gasteiger partial charge in [-0.3, -0.25) is 0 Å². The molecule has 0 unspecified atom stereocenters. The van der Waals surface area contributed by atoms with Crippen molar-refractivity contribution < 1.29 is 20.1 Å². The van der Waals surface area contributed by atoms with Crippen molar-refractivity contribution in [2.75, 3.05) is 4.90 Å². The summed E-state index contributed by atoms with van der Waals surface area (Å²) in [5.41, 5.74) is 7.24. The van der Waals surface area contributed by atoms with E-state index in [0.717, 1.165) is 39.1 Å². The van der Waals surface area contributed by atoms with Crippen LogP contribution in [0.4, 0.5) is 17.1 Å². The van der Waals surface area contributed by atoms with Crippen LogP contribution in [0.5, 0.6) is 28.7 Å². The highest BCUT2D eigenvalue weighted by atomic mass is 16.5. The van der Waals surface area contributed by atoms with Crippen LogP contribution in [0.2, 0.25) is 0 Å². The molecule has 0 radical (unpaired) electrons. The molecule has 0 atom stereocenters. The van der Waals surface area contributed by atoms with Crippen LogP contribution < -0.4 is 9.64 Å². The summed E-state index contributed by atoms with van der Waals surface area (Å²) < 4.78 is 6.09. The van der Waals surface area contributed by atoms with Gasteiger partial charge in [-0.15, -0.1) is 0 Å². The molecule has 5 nitrogen and oxygen atoms in total. The lowest BCUT2D eigenvalue weighted by Gasteiger charge is -2.30. The molecule has 4 aromatic carbocycles. The summed E-state index contributed by atoms with van der Waals surface area (Å²) >= 11 is 0. The van der Waals surface area contributed by atoms with Crippen LogP contribution in [0, 0.1) is 41.5 Å². The molecule has 0 heterocycles. The molecule has 0 spiro atoms. The highest BCUT2D eigenvalue weighted by Gasteiger charge is 2.23. The number of ether oxygens (including phenoxy) is 1. The van der Waals surface area contributed by atoms with E-state index in [9.17, 15) is 15.3 Å². The third-order valence-electron chi connectivity index (χ3n) is 6.11. The van der Waals surface area contributed by atoms with E-state index in [1.54, 1.807) is 18.2 Å². The van der Waals surface area contributed by atoms with E-state index in [2.05, 4.69) is 0 Å². The molecule has 0 amide bonds. The number of aromatic hydroxyl groups is 3. The Morgan fingerprint density at radius 1 is 0.543 bits per heavy atom. The largest absolute Gasteiger partial charge is 0.508 e. The van der Waals surface area contributed by atoms with Gasteiger partial charge in [0.05, 0.1) is 11.4 Å². The van der Waals surface area contributed by atoms with E-state index in [1.807, 2.05) is 88.9 Å². The Morgan fingerprint density at radius 2 is 1.06 bits per heavy atom. The number of phenols is 3. The van der Waals surface area contributed by atoms with Crippen LogP contribution in [-0.2, 0) is 0 Å². The first kappa shape index (κ1) is 24.0. The number of phenolic OH excluding ortho intramolecular Hbond substituents is 3. The fourth-order valence-corrected chi connectivity index (χ4v) is 4.50. The third kappa shape index (κ3) is 4.76. The average Bonchev–Trinajstić information content (AvgIpc) is 2.76. The van der Waals surface area contributed by atoms with Gasteiger partial charge in [0, 0.05) is 5.69 Å². The molecule has 35 heavy (non-hydrogen) atoms. The number of rotatable bonds is 5. The SMILES string of the molecule is Cc1cc(C)c(N(c2ccc(Oc3cc(C)c(O)cc3C)cc2)c2c(C)cc(C)cc2O)c(O)c1. The molecule has 0 aliphatic heterocycles. The Balaban J connectivity index is 1.82. The zero-order chi connectivity index (χ0) is 25.4. The summed E-state index contributed by atoms with van der Waals surface area (Å²) in [6, 6.07) is 18.5. The summed E-state index contributed by atoms with van der Waals surface area (Å²) in [5.74, 6) is 1.82. The van der Waals surface area contributed by atoms with Gasteiger partial charge >= 0.3 is 0 Å². The lowest BCUT2D eigenvalue weighted by molar-refractivity contribution is 0.458. The zero-order valence-electron chi connectivity index (χ0n) is 21.0. The Bertz CT molecular complexity index is 1300.